The summed E-state index contributed by atoms with van der Waals surface area (Å²) in [6.07, 6.45) is -18.2. The molecule has 1 fully saturated rings. The number of rotatable bonds is 6. The zero-order chi connectivity index (χ0) is 34.5. The predicted octanol–water partition coefficient (Wildman–Crippen LogP) is 9.13. The molecular weight excluding hydrogens is 644 g/mol. The molecule has 4 rings (SSSR count). The molecule has 16 heteroatoms. The summed E-state index contributed by atoms with van der Waals surface area (Å²) in [5.41, 5.74) is -5.50. The summed E-state index contributed by atoms with van der Waals surface area (Å²) in [7, 11) is 1.13. The molecule has 0 N–H and O–H groups in total. The van der Waals surface area contributed by atoms with Crippen LogP contribution in [0.2, 0.25) is 0 Å². The Morgan fingerprint density at radius 3 is 1.89 bits per heavy atom. The molecule has 3 aromatic carbocycles. The van der Waals surface area contributed by atoms with Crippen LogP contribution in [0.25, 0.3) is 11.1 Å². The summed E-state index contributed by atoms with van der Waals surface area (Å²) in [5, 5.41) is 0. The van der Waals surface area contributed by atoms with Crippen molar-refractivity contribution in [3.05, 3.63) is 82.2 Å². The first-order valence-corrected chi connectivity index (χ1v) is 13.2. The van der Waals surface area contributed by atoms with Gasteiger partial charge in [-0.05, 0) is 66.9 Å². The van der Waals surface area contributed by atoms with Gasteiger partial charge in [0.1, 0.15) is 11.9 Å². The molecule has 1 heterocycles. The molecule has 46 heavy (non-hydrogen) atoms. The van der Waals surface area contributed by atoms with Crippen molar-refractivity contribution in [3.63, 3.8) is 0 Å². The number of amides is 1. The van der Waals surface area contributed by atoms with E-state index in [2.05, 4.69) is 0 Å². The fraction of sp³-hybridized carbons (Fsp3) is 0.333. The van der Waals surface area contributed by atoms with Crippen molar-refractivity contribution < 1.29 is 67.7 Å². The van der Waals surface area contributed by atoms with Gasteiger partial charge in [-0.2, -0.15) is 39.5 Å². The number of benzene rings is 3. The van der Waals surface area contributed by atoms with Gasteiger partial charge in [0, 0.05) is 18.6 Å². The summed E-state index contributed by atoms with van der Waals surface area (Å²) in [6.45, 7) is 3.48. The first kappa shape index (κ1) is 34.4. The normalized spacial score (nSPS) is 18.0. The molecule has 0 aromatic heterocycles. The zero-order valence-electron chi connectivity index (χ0n) is 24.1. The van der Waals surface area contributed by atoms with Gasteiger partial charge >= 0.3 is 30.6 Å². The fourth-order valence-corrected chi connectivity index (χ4v) is 5.21. The standard InChI is InChI=1S/C30H23F10NO5/c1-13(41-14(2)26(46-27(41)43)16-7-18(29(35,36)37)9-19(8-16)30(38,39)40)21-10-17(28(32,33)34)5-6-20(21)22-11-25(45-15(3)42)23(31)12-24(22)44-4/h5-14,26H,1-4H3/t13?,14-,26-/m0/s1. The van der Waals surface area contributed by atoms with Crippen molar-refractivity contribution in [3.8, 4) is 22.6 Å². The van der Waals surface area contributed by atoms with Crippen molar-refractivity contribution in [2.45, 2.75) is 57.5 Å². The summed E-state index contributed by atoms with van der Waals surface area (Å²) in [5.74, 6) is -2.77. The van der Waals surface area contributed by atoms with Crippen molar-refractivity contribution in [2.24, 2.45) is 0 Å². The number of hydrogen-bond acceptors (Lipinski definition) is 5. The second-order valence-electron chi connectivity index (χ2n) is 10.3. The van der Waals surface area contributed by atoms with E-state index >= 15 is 0 Å². The topological polar surface area (TPSA) is 65.1 Å². The number of carbonyl (C=O) groups excluding carboxylic acids is 2. The maximum atomic E-state index is 14.6. The third-order valence-electron chi connectivity index (χ3n) is 7.30. The summed E-state index contributed by atoms with van der Waals surface area (Å²) < 4.78 is 152. The van der Waals surface area contributed by atoms with Gasteiger partial charge in [-0.1, -0.05) is 6.07 Å². The van der Waals surface area contributed by atoms with Crippen LogP contribution >= 0.6 is 0 Å². The van der Waals surface area contributed by atoms with Crippen molar-refractivity contribution in [1.82, 2.24) is 4.90 Å². The lowest BCUT2D eigenvalue weighted by Crippen LogP contribution is -2.35. The smallest absolute Gasteiger partial charge is 0.416 e. The van der Waals surface area contributed by atoms with E-state index in [0.29, 0.717) is 24.3 Å². The Kier molecular flexibility index (Phi) is 8.98. The van der Waals surface area contributed by atoms with Gasteiger partial charge < -0.3 is 14.2 Å². The Labute approximate surface area is 254 Å². The van der Waals surface area contributed by atoms with Crippen LogP contribution in [-0.2, 0) is 28.1 Å². The third kappa shape index (κ3) is 6.84. The average molecular weight is 667 g/mol. The lowest BCUT2D eigenvalue weighted by Gasteiger charge is -2.30. The molecule has 3 atom stereocenters. The van der Waals surface area contributed by atoms with Gasteiger partial charge in [-0.15, -0.1) is 0 Å². The highest BCUT2D eigenvalue weighted by Crippen LogP contribution is 2.46. The summed E-state index contributed by atoms with van der Waals surface area (Å²) >= 11 is 0. The van der Waals surface area contributed by atoms with Gasteiger partial charge in [0.15, 0.2) is 11.6 Å². The minimum absolute atomic E-state index is 0.0624. The maximum absolute atomic E-state index is 14.6. The van der Waals surface area contributed by atoms with Crippen molar-refractivity contribution in [2.75, 3.05) is 7.11 Å². The highest BCUT2D eigenvalue weighted by Gasteiger charge is 2.46. The number of esters is 1. The highest BCUT2D eigenvalue weighted by molar-refractivity contribution is 5.79. The van der Waals surface area contributed by atoms with E-state index in [0.717, 1.165) is 37.1 Å². The Hall–Kier alpha value is -4.50. The molecule has 1 unspecified atom stereocenters. The van der Waals surface area contributed by atoms with Crippen LogP contribution in [-0.4, -0.2) is 30.1 Å². The Morgan fingerprint density at radius 1 is 0.826 bits per heavy atom. The molecule has 0 aliphatic carbocycles. The fourth-order valence-electron chi connectivity index (χ4n) is 5.21. The van der Waals surface area contributed by atoms with Gasteiger partial charge in [-0.3, -0.25) is 9.69 Å². The van der Waals surface area contributed by atoms with Crippen LogP contribution in [0.1, 0.15) is 60.7 Å². The van der Waals surface area contributed by atoms with Crippen LogP contribution in [0, 0.1) is 5.82 Å². The number of hydrogen-bond donors (Lipinski definition) is 0. The van der Waals surface area contributed by atoms with E-state index in [9.17, 15) is 53.5 Å². The lowest BCUT2D eigenvalue weighted by atomic mass is 9.91. The van der Waals surface area contributed by atoms with Crippen LogP contribution in [0.3, 0.4) is 0 Å². The zero-order valence-corrected chi connectivity index (χ0v) is 24.1. The first-order valence-electron chi connectivity index (χ1n) is 13.2. The Bertz CT molecular complexity index is 1630. The van der Waals surface area contributed by atoms with Gasteiger partial charge in [0.2, 0.25) is 0 Å². The van der Waals surface area contributed by atoms with E-state index in [-0.39, 0.29) is 28.5 Å². The molecule has 0 saturated carbocycles. The van der Waals surface area contributed by atoms with Crippen LogP contribution in [0.15, 0.2) is 48.5 Å². The van der Waals surface area contributed by atoms with E-state index in [1.54, 1.807) is 0 Å². The molecule has 0 radical (unpaired) electrons. The number of carbonyl (C=O) groups is 2. The minimum atomic E-state index is -5.19. The molecule has 1 amide bonds. The Balaban J connectivity index is 1.86. The number of cyclic esters (lactones) is 1. The second kappa shape index (κ2) is 12.0. The SMILES string of the molecule is COc1cc(F)c(OC(C)=O)cc1-c1ccc(C(F)(F)F)cc1C(C)N1C(=O)O[C@H](c2cc(C(F)(F)F)cc(C(F)(F)F)c2)[C@@H]1C. The molecule has 0 spiro atoms. The lowest BCUT2D eigenvalue weighted by molar-refractivity contribution is -0.143. The van der Waals surface area contributed by atoms with Crippen LogP contribution in [0.5, 0.6) is 11.5 Å². The molecule has 1 aliphatic heterocycles. The maximum Gasteiger partial charge on any atom is 0.416 e. The van der Waals surface area contributed by atoms with E-state index in [4.69, 9.17) is 14.2 Å². The van der Waals surface area contributed by atoms with E-state index in [1.807, 2.05) is 0 Å². The number of nitrogens with zero attached hydrogens (tertiary/aromatic N) is 1. The Morgan fingerprint density at radius 2 is 1.39 bits per heavy atom. The molecule has 3 aromatic rings. The monoisotopic (exact) mass is 667 g/mol. The van der Waals surface area contributed by atoms with Crippen molar-refractivity contribution >= 4 is 12.1 Å². The first-order chi connectivity index (χ1) is 21.1. The molecule has 1 saturated heterocycles. The molecule has 248 valence electrons. The molecule has 1 aliphatic rings. The minimum Gasteiger partial charge on any atom is -0.496 e. The number of alkyl halides is 9. The predicted molar refractivity (Wildman–Crippen MR) is 140 cm³/mol. The third-order valence-corrected chi connectivity index (χ3v) is 7.30. The van der Waals surface area contributed by atoms with Gasteiger partial charge in [0.25, 0.3) is 0 Å². The largest absolute Gasteiger partial charge is 0.496 e. The molecule has 6 nitrogen and oxygen atoms in total. The van der Waals surface area contributed by atoms with Crippen molar-refractivity contribution in [1.29, 1.82) is 0 Å². The number of ether oxygens (including phenoxy) is 3. The highest BCUT2D eigenvalue weighted by atomic mass is 19.4. The number of halogens is 10. The average Bonchev–Trinajstić information content (AvgIpc) is 3.24. The summed E-state index contributed by atoms with van der Waals surface area (Å²) in [6, 6.07) is 2.18. The molecular formula is C30H23F10NO5. The van der Waals surface area contributed by atoms with Crippen LogP contribution < -0.4 is 9.47 Å². The van der Waals surface area contributed by atoms with E-state index < -0.39 is 82.6 Å². The molecule has 0 bridgehead atoms. The van der Waals surface area contributed by atoms with E-state index in [1.165, 1.54) is 13.8 Å². The van der Waals surface area contributed by atoms with Gasteiger partial charge in [0.05, 0.1) is 35.9 Å². The van der Waals surface area contributed by atoms with Crippen LogP contribution in [0.4, 0.5) is 48.7 Å². The quantitative estimate of drug-likeness (QED) is 0.149. The van der Waals surface area contributed by atoms with Gasteiger partial charge in [-0.25, -0.2) is 9.18 Å². The number of methoxy groups -OCH3 is 1. The summed E-state index contributed by atoms with van der Waals surface area (Å²) in [4.78, 5) is 25.5. The second-order valence-corrected chi connectivity index (χ2v) is 10.3.